The smallest absolute Gasteiger partial charge is 0.139 e. The van der Waals surface area contributed by atoms with E-state index in [2.05, 4.69) is 21.8 Å². The molecule has 0 saturated carbocycles. The lowest BCUT2D eigenvalue weighted by atomic mass is 10.2. The van der Waals surface area contributed by atoms with Gasteiger partial charge in [-0.05, 0) is 6.07 Å². The van der Waals surface area contributed by atoms with Gasteiger partial charge in [-0.25, -0.2) is 0 Å². The fourth-order valence-electron chi connectivity index (χ4n) is 1.74. The number of rotatable bonds is 2. The van der Waals surface area contributed by atoms with E-state index in [1.807, 2.05) is 12.3 Å². The van der Waals surface area contributed by atoms with Crippen molar-refractivity contribution in [2.75, 3.05) is 36.5 Å². The molecule has 2 rings (SSSR count). The second-order valence-electron chi connectivity index (χ2n) is 3.40. The van der Waals surface area contributed by atoms with E-state index >= 15 is 0 Å². The first-order valence-electron chi connectivity index (χ1n) is 4.66. The minimum atomic E-state index is 0.451. The average molecular weight is 191 g/mol. The summed E-state index contributed by atoms with van der Waals surface area (Å²) in [7, 11) is 2.05. The van der Waals surface area contributed by atoms with Crippen LogP contribution in [0.5, 0.6) is 0 Å². The van der Waals surface area contributed by atoms with Gasteiger partial charge in [0.1, 0.15) is 6.29 Å². The van der Waals surface area contributed by atoms with E-state index in [4.69, 9.17) is 0 Å². The molecule has 0 fully saturated rings. The monoisotopic (exact) mass is 191 g/mol. The predicted octanol–water partition coefficient (Wildman–Crippen LogP) is 0.537. The van der Waals surface area contributed by atoms with Crippen LogP contribution in [0.15, 0.2) is 18.5 Å². The highest BCUT2D eigenvalue weighted by atomic mass is 16.1. The second-order valence-corrected chi connectivity index (χ2v) is 3.40. The van der Waals surface area contributed by atoms with Crippen LogP contribution in [-0.2, 0) is 4.79 Å². The second kappa shape index (κ2) is 3.65. The summed E-state index contributed by atoms with van der Waals surface area (Å²) in [5.41, 5.74) is 2.20. The minimum absolute atomic E-state index is 0.451. The van der Waals surface area contributed by atoms with Crippen molar-refractivity contribution >= 4 is 17.7 Å². The zero-order chi connectivity index (χ0) is 9.97. The lowest BCUT2D eigenvalue weighted by Crippen LogP contribution is -2.40. The topological polar surface area (TPSA) is 36.4 Å². The van der Waals surface area contributed by atoms with Gasteiger partial charge in [0.15, 0.2) is 0 Å². The molecule has 14 heavy (non-hydrogen) atoms. The Hall–Kier alpha value is -1.58. The van der Waals surface area contributed by atoms with Crippen LogP contribution < -0.4 is 9.80 Å². The van der Waals surface area contributed by atoms with Crippen LogP contribution in [-0.4, -0.2) is 38.0 Å². The fourth-order valence-corrected chi connectivity index (χ4v) is 1.74. The first kappa shape index (κ1) is 8.99. The number of hydrogen-bond donors (Lipinski definition) is 0. The number of anilines is 2. The third kappa shape index (κ3) is 1.43. The molecule has 2 heterocycles. The molecule has 0 bridgehead atoms. The minimum Gasteiger partial charge on any atom is -0.371 e. The highest BCUT2D eigenvalue weighted by Gasteiger charge is 2.19. The summed E-state index contributed by atoms with van der Waals surface area (Å²) in [6.45, 7) is 2.28. The third-order valence-electron chi connectivity index (χ3n) is 2.53. The van der Waals surface area contributed by atoms with Gasteiger partial charge >= 0.3 is 0 Å². The van der Waals surface area contributed by atoms with E-state index in [1.165, 1.54) is 0 Å². The SMILES string of the molecule is CN1CCN(CC=O)c2cnccc21. The number of carbonyl (C=O) groups excluding carboxylic acids is 1. The van der Waals surface area contributed by atoms with Crippen LogP contribution in [0.3, 0.4) is 0 Å². The van der Waals surface area contributed by atoms with E-state index in [9.17, 15) is 4.79 Å². The third-order valence-corrected chi connectivity index (χ3v) is 2.53. The molecule has 74 valence electrons. The Bertz CT molecular complexity index is 340. The molecule has 4 nitrogen and oxygen atoms in total. The number of aromatic nitrogens is 1. The summed E-state index contributed by atoms with van der Waals surface area (Å²) < 4.78 is 0. The molecule has 0 spiro atoms. The van der Waals surface area contributed by atoms with Crippen molar-refractivity contribution in [1.82, 2.24) is 4.98 Å². The van der Waals surface area contributed by atoms with Gasteiger partial charge in [0.2, 0.25) is 0 Å². The molecule has 1 aliphatic rings. The Morgan fingerprint density at radius 2 is 2.36 bits per heavy atom. The zero-order valence-corrected chi connectivity index (χ0v) is 8.18. The lowest BCUT2D eigenvalue weighted by Gasteiger charge is -2.35. The molecule has 0 radical (unpaired) electrons. The number of carbonyl (C=O) groups is 1. The first-order valence-corrected chi connectivity index (χ1v) is 4.66. The number of fused-ring (bicyclic) bond motifs is 1. The van der Waals surface area contributed by atoms with Gasteiger partial charge in [-0.15, -0.1) is 0 Å². The fraction of sp³-hybridized carbons (Fsp3) is 0.400. The van der Waals surface area contributed by atoms with E-state index < -0.39 is 0 Å². The standard InChI is InChI=1S/C10H13N3O/c1-12-4-5-13(6-7-14)10-8-11-3-2-9(10)12/h2-3,7-8H,4-6H2,1H3. The van der Waals surface area contributed by atoms with Crippen LogP contribution in [0.1, 0.15) is 0 Å². The summed E-state index contributed by atoms with van der Waals surface area (Å²) in [5.74, 6) is 0. The molecule has 4 heteroatoms. The molecule has 0 N–H and O–H groups in total. The largest absolute Gasteiger partial charge is 0.371 e. The summed E-state index contributed by atoms with van der Waals surface area (Å²) >= 11 is 0. The lowest BCUT2D eigenvalue weighted by molar-refractivity contribution is -0.106. The van der Waals surface area contributed by atoms with Crippen LogP contribution in [0.25, 0.3) is 0 Å². The summed E-state index contributed by atoms with van der Waals surface area (Å²) in [6, 6.07) is 1.98. The highest BCUT2D eigenvalue weighted by Crippen LogP contribution is 2.30. The predicted molar refractivity (Wildman–Crippen MR) is 55.8 cm³/mol. The molecule has 1 aliphatic heterocycles. The van der Waals surface area contributed by atoms with Gasteiger partial charge in [-0.2, -0.15) is 0 Å². The molecule has 0 saturated heterocycles. The van der Waals surface area contributed by atoms with Gasteiger partial charge < -0.3 is 14.6 Å². The van der Waals surface area contributed by atoms with Crippen LogP contribution in [0.2, 0.25) is 0 Å². The number of hydrogen-bond acceptors (Lipinski definition) is 4. The van der Waals surface area contributed by atoms with Gasteiger partial charge in [0, 0.05) is 26.3 Å². The van der Waals surface area contributed by atoms with Gasteiger partial charge in [-0.1, -0.05) is 0 Å². The molecule has 0 aliphatic carbocycles. The summed E-state index contributed by atoms with van der Waals surface area (Å²) in [5, 5.41) is 0. The van der Waals surface area contributed by atoms with Gasteiger partial charge in [0.05, 0.1) is 24.1 Å². The Balaban J connectivity index is 2.36. The average Bonchev–Trinajstić information content (AvgIpc) is 2.23. The molecular formula is C10H13N3O. The van der Waals surface area contributed by atoms with Crippen LogP contribution in [0.4, 0.5) is 11.4 Å². The maximum Gasteiger partial charge on any atom is 0.139 e. The number of aldehydes is 1. The van der Waals surface area contributed by atoms with Gasteiger partial charge in [-0.3, -0.25) is 4.98 Å². The van der Waals surface area contributed by atoms with Crippen molar-refractivity contribution in [3.8, 4) is 0 Å². The maximum absolute atomic E-state index is 10.5. The van der Waals surface area contributed by atoms with Crippen molar-refractivity contribution in [3.63, 3.8) is 0 Å². The molecule has 0 unspecified atom stereocenters. The van der Waals surface area contributed by atoms with Crippen molar-refractivity contribution in [2.45, 2.75) is 0 Å². The normalized spacial score (nSPS) is 15.2. The van der Waals surface area contributed by atoms with Crippen LogP contribution >= 0.6 is 0 Å². The summed E-state index contributed by atoms with van der Waals surface area (Å²) in [4.78, 5) is 18.8. The van der Waals surface area contributed by atoms with Crippen molar-refractivity contribution in [1.29, 1.82) is 0 Å². The van der Waals surface area contributed by atoms with Crippen LogP contribution in [0, 0.1) is 0 Å². The van der Waals surface area contributed by atoms with E-state index in [1.54, 1.807) is 6.20 Å². The molecule has 0 aromatic carbocycles. The van der Waals surface area contributed by atoms with Crippen molar-refractivity contribution in [3.05, 3.63) is 18.5 Å². The molecule has 1 aromatic rings. The van der Waals surface area contributed by atoms with Crippen molar-refractivity contribution in [2.24, 2.45) is 0 Å². The Morgan fingerprint density at radius 3 is 3.14 bits per heavy atom. The quantitative estimate of drug-likeness (QED) is 0.639. The highest BCUT2D eigenvalue weighted by molar-refractivity contribution is 5.74. The Kier molecular flexibility index (Phi) is 2.35. The number of likely N-dealkylation sites (N-methyl/N-ethyl adjacent to an activating group) is 1. The zero-order valence-electron chi connectivity index (χ0n) is 8.18. The molecule has 0 atom stereocenters. The van der Waals surface area contributed by atoms with Crippen molar-refractivity contribution < 1.29 is 4.79 Å². The van der Waals surface area contributed by atoms with E-state index in [0.29, 0.717) is 6.54 Å². The maximum atomic E-state index is 10.5. The summed E-state index contributed by atoms with van der Waals surface area (Å²) in [6.07, 6.45) is 4.52. The van der Waals surface area contributed by atoms with E-state index in [0.717, 1.165) is 30.8 Å². The Labute approximate surface area is 83.2 Å². The number of pyridine rings is 1. The molecule has 1 aromatic heterocycles. The van der Waals surface area contributed by atoms with E-state index in [-0.39, 0.29) is 0 Å². The Morgan fingerprint density at radius 1 is 1.50 bits per heavy atom. The first-order chi connectivity index (χ1) is 6.83. The molecule has 0 amide bonds. The van der Waals surface area contributed by atoms with Gasteiger partial charge in [0.25, 0.3) is 0 Å². The molecular weight excluding hydrogens is 178 g/mol. The number of nitrogens with zero attached hydrogens (tertiary/aromatic N) is 3.